The Morgan fingerprint density at radius 2 is 1.88 bits per heavy atom. The molecule has 4 N–H and O–H groups in total. The molecule has 0 aliphatic carbocycles. The van der Waals surface area contributed by atoms with E-state index >= 15 is 0 Å². The number of carbonyl (C=O) groups is 2. The first-order valence-electron chi connectivity index (χ1n) is 14.4. The molecule has 2 aliphatic heterocycles. The predicted octanol–water partition coefficient (Wildman–Crippen LogP) is 4.84. The number of benzene rings is 2. The maximum absolute atomic E-state index is 12.1. The van der Waals surface area contributed by atoms with Crippen molar-refractivity contribution in [2.75, 3.05) is 32.1 Å². The van der Waals surface area contributed by atoms with Crippen molar-refractivity contribution >= 4 is 35.0 Å². The number of anilines is 1. The van der Waals surface area contributed by atoms with Crippen LogP contribution in [0.4, 0.5) is 10.5 Å². The van der Waals surface area contributed by atoms with Crippen molar-refractivity contribution in [2.45, 2.75) is 77.1 Å². The Morgan fingerprint density at radius 3 is 2.59 bits per heavy atom. The SMILES string of the molecule is COc1cc2c(cc1C(C)N[C@H]1CCCN(C(=S)NCCNC(=O)OC(C)(C)C)[C@H]1c1ccccc1)NC(=O)CC2. The normalized spacial score (nSPS) is 19.4. The molecule has 2 aromatic carbocycles. The van der Waals surface area contributed by atoms with Gasteiger partial charge in [0.1, 0.15) is 11.4 Å². The molecule has 0 aromatic heterocycles. The molecule has 9 nitrogen and oxygen atoms in total. The fraction of sp³-hybridized carbons (Fsp3) is 0.516. The monoisotopic (exact) mass is 581 g/mol. The Kier molecular flexibility index (Phi) is 10.1. The van der Waals surface area contributed by atoms with E-state index in [1.54, 1.807) is 7.11 Å². The van der Waals surface area contributed by atoms with Crippen molar-refractivity contribution in [1.29, 1.82) is 0 Å². The molecule has 3 atom stereocenters. The van der Waals surface area contributed by atoms with Gasteiger partial charge in [-0.05, 0) is 82.4 Å². The van der Waals surface area contributed by atoms with Crippen LogP contribution < -0.4 is 26.0 Å². The molecule has 0 saturated carbocycles. The van der Waals surface area contributed by atoms with Gasteiger partial charge < -0.3 is 35.6 Å². The summed E-state index contributed by atoms with van der Waals surface area (Å²) < 4.78 is 11.1. The zero-order valence-electron chi connectivity index (χ0n) is 24.7. The third-order valence-electron chi connectivity index (χ3n) is 7.38. The lowest BCUT2D eigenvalue weighted by atomic mass is 9.89. The van der Waals surface area contributed by atoms with E-state index < -0.39 is 11.7 Å². The number of piperidine rings is 1. The molecule has 0 spiro atoms. The van der Waals surface area contributed by atoms with Gasteiger partial charge in [-0.1, -0.05) is 30.3 Å². The van der Waals surface area contributed by atoms with Crippen LogP contribution in [0, 0.1) is 0 Å². The smallest absolute Gasteiger partial charge is 0.407 e. The van der Waals surface area contributed by atoms with E-state index in [4.69, 9.17) is 21.7 Å². The molecule has 2 heterocycles. The zero-order chi connectivity index (χ0) is 29.6. The molecule has 2 aromatic rings. The minimum atomic E-state index is -0.542. The number of likely N-dealkylation sites (tertiary alicyclic amines) is 1. The van der Waals surface area contributed by atoms with Gasteiger partial charge >= 0.3 is 6.09 Å². The van der Waals surface area contributed by atoms with Crippen LogP contribution in [0.1, 0.15) is 75.7 Å². The Balaban J connectivity index is 1.48. The molecular weight excluding hydrogens is 538 g/mol. The topological polar surface area (TPSA) is 104 Å². The van der Waals surface area contributed by atoms with E-state index in [-0.39, 0.29) is 24.0 Å². The van der Waals surface area contributed by atoms with Crippen molar-refractivity contribution in [2.24, 2.45) is 0 Å². The molecule has 222 valence electrons. The summed E-state index contributed by atoms with van der Waals surface area (Å²) in [4.78, 5) is 26.3. The highest BCUT2D eigenvalue weighted by Crippen LogP contribution is 2.37. The first kappa shape index (κ1) is 30.6. The number of hydrogen-bond donors (Lipinski definition) is 4. The van der Waals surface area contributed by atoms with E-state index in [1.165, 1.54) is 5.56 Å². The number of hydrogen-bond acceptors (Lipinski definition) is 6. The highest BCUT2D eigenvalue weighted by atomic mass is 32.1. The lowest BCUT2D eigenvalue weighted by molar-refractivity contribution is -0.116. The number of nitrogens with one attached hydrogen (secondary N) is 4. The minimum absolute atomic E-state index is 0.00883. The summed E-state index contributed by atoms with van der Waals surface area (Å²) in [5, 5.41) is 13.6. The molecule has 0 bridgehead atoms. The van der Waals surface area contributed by atoms with E-state index in [2.05, 4.69) is 63.4 Å². The number of aryl methyl sites for hydroxylation is 1. The Labute approximate surface area is 248 Å². The van der Waals surface area contributed by atoms with Crippen LogP contribution >= 0.6 is 12.2 Å². The van der Waals surface area contributed by atoms with Crippen LogP contribution in [-0.4, -0.2) is 60.4 Å². The van der Waals surface area contributed by atoms with Crippen LogP contribution in [0.5, 0.6) is 5.75 Å². The third-order valence-corrected chi connectivity index (χ3v) is 7.76. The van der Waals surface area contributed by atoms with E-state index in [0.29, 0.717) is 31.0 Å². The molecule has 0 radical (unpaired) electrons. The number of amides is 2. The minimum Gasteiger partial charge on any atom is -0.496 e. The molecule has 1 saturated heterocycles. The summed E-state index contributed by atoms with van der Waals surface area (Å²) in [7, 11) is 1.69. The molecule has 10 heteroatoms. The van der Waals surface area contributed by atoms with E-state index in [0.717, 1.165) is 42.0 Å². The number of methoxy groups -OCH3 is 1. The second-order valence-electron chi connectivity index (χ2n) is 11.6. The van der Waals surface area contributed by atoms with Crippen LogP contribution in [-0.2, 0) is 16.0 Å². The van der Waals surface area contributed by atoms with E-state index in [9.17, 15) is 9.59 Å². The number of rotatable bonds is 8. The lowest BCUT2D eigenvalue weighted by Gasteiger charge is -2.44. The van der Waals surface area contributed by atoms with E-state index in [1.807, 2.05) is 32.9 Å². The predicted molar refractivity (Wildman–Crippen MR) is 165 cm³/mol. The second-order valence-corrected chi connectivity index (χ2v) is 12.0. The first-order chi connectivity index (χ1) is 19.6. The molecular formula is C31H43N5O4S. The van der Waals surface area contributed by atoms with Crippen molar-refractivity contribution < 1.29 is 19.1 Å². The number of ether oxygens (including phenoxy) is 2. The zero-order valence-corrected chi connectivity index (χ0v) is 25.5. The summed E-state index contributed by atoms with van der Waals surface area (Å²) in [6.07, 6.45) is 2.72. The summed E-state index contributed by atoms with van der Waals surface area (Å²) in [6.45, 7) is 9.36. The summed E-state index contributed by atoms with van der Waals surface area (Å²) in [5.41, 5.74) is 3.60. The maximum Gasteiger partial charge on any atom is 0.407 e. The van der Waals surface area contributed by atoms with Gasteiger partial charge in [0, 0.05) is 49.4 Å². The fourth-order valence-corrected chi connectivity index (χ4v) is 5.87. The largest absolute Gasteiger partial charge is 0.496 e. The van der Waals surface area contributed by atoms with Gasteiger partial charge in [0.15, 0.2) is 5.11 Å². The average Bonchev–Trinajstić information content (AvgIpc) is 2.93. The summed E-state index contributed by atoms with van der Waals surface area (Å²) in [5.74, 6) is 0.863. The highest BCUT2D eigenvalue weighted by Gasteiger charge is 2.35. The average molecular weight is 582 g/mol. The number of carbonyl (C=O) groups excluding carboxylic acids is 2. The summed E-state index contributed by atoms with van der Waals surface area (Å²) in [6, 6.07) is 14.6. The third kappa shape index (κ3) is 8.10. The Morgan fingerprint density at radius 1 is 1.15 bits per heavy atom. The maximum atomic E-state index is 12.1. The first-order valence-corrected chi connectivity index (χ1v) is 14.8. The molecule has 1 unspecified atom stereocenters. The number of nitrogens with zero attached hydrogens (tertiary/aromatic N) is 1. The molecule has 41 heavy (non-hydrogen) atoms. The summed E-state index contributed by atoms with van der Waals surface area (Å²) >= 11 is 5.88. The van der Waals surface area contributed by atoms with Crippen molar-refractivity contribution in [3.63, 3.8) is 0 Å². The van der Waals surface area contributed by atoms with Crippen molar-refractivity contribution in [3.05, 3.63) is 59.2 Å². The van der Waals surface area contributed by atoms with Crippen LogP contribution in [0.3, 0.4) is 0 Å². The molecule has 2 aliphatic rings. The van der Waals surface area contributed by atoms with Gasteiger partial charge in [0.25, 0.3) is 0 Å². The van der Waals surface area contributed by atoms with Crippen molar-refractivity contribution in [1.82, 2.24) is 20.9 Å². The fourth-order valence-electron chi connectivity index (χ4n) is 5.56. The molecule has 4 rings (SSSR count). The molecule has 1 fully saturated rings. The highest BCUT2D eigenvalue weighted by molar-refractivity contribution is 7.80. The molecule has 2 amide bonds. The van der Waals surface area contributed by atoms with Crippen LogP contribution in [0.2, 0.25) is 0 Å². The van der Waals surface area contributed by atoms with Gasteiger partial charge in [-0.15, -0.1) is 0 Å². The van der Waals surface area contributed by atoms with Gasteiger partial charge in [0.2, 0.25) is 5.91 Å². The standard InChI is InChI=1S/C31H43N5O4S/c1-20(23-19-25-22(18-26(23)39-5)13-14-27(37)35-25)34-24-12-9-17-36(28(24)21-10-7-6-8-11-21)29(41)32-15-16-33-30(38)40-31(2,3)4/h6-8,10-11,18-20,24,28,34H,9,12-17H2,1-5H3,(H,32,41)(H,33,38)(H,35,37)/t20?,24-,28-/m0/s1. The van der Waals surface area contributed by atoms with Crippen molar-refractivity contribution in [3.8, 4) is 5.75 Å². The van der Waals surface area contributed by atoms with Gasteiger partial charge in [-0.25, -0.2) is 4.79 Å². The Hall–Kier alpha value is -3.37. The quantitative estimate of drug-likeness (QED) is 0.260. The Bertz CT molecular complexity index is 1230. The number of fused-ring (bicyclic) bond motifs is 1. The van der Waals surface area contributed by atoms with Gasteiger partial charge in [-0.3, -0.25) is 4.79 Å². The van der Waals surface area contributed by atoms with Crippen LogP contribution in [0.15, 0.2) is 42.5 Å². The van der Waals surface area contributed by atoms with Gasteiger partial charge in [0.05, 0.1) is 13.2 Å². The van der Waals surface area contributed by atoms with Gasteiger partial charge in [-0.2, -0.15) is 0 Å². The van der Waals surface area contributed by atoms with Crippen LogP contribution in [0.25, 0.3) is 0 Å². The second kappa shape index (κ2) is 13.5. The number of thiocarbonyl (C=S) groups is 1. The number of alkyl carbamates (subject to hydrolysis) is 1. The lowest BCUT2D eigenvalue weighted by Crippen LogP contribution is -2.54.